The minimum atomic E-state index is -0.299. The number of furan rings is 1. The number of nitrogens with one attached hydrogen (secondary N) is 12. The summed E-state index contributed by atoms with van der Waals surface area (Å²) in [6, 6.07) is 64.7. The molecule has 8 aromatic carbocycles. The van der Waals surface area contributed by atoms with Crippen molar-refractivity contribution in [1.82, 2.24) is 59.5 Å². The van der Waals surface area contributed by atoms with Crippen molar-refractivity contribution in [3.8, 4) is 0 Å². The Labute approximate surface area is 801 Å². The van der Waals surface area contributed by atoms with E-state index in [1.165, 1.54) is 47.1 Å². The van der Waals surface area contributed by atoms with Gasteiger partial charge in [0.1, 0.15) is 23.0 Å². The van der Waals surface area contributed by atoms with Crippen molar-refractivity contribution in [2.75, 3.05) is 216 Å². The molecule has 0 unspecified atom stereocenters. The van der Waals surface area contributed by atoms with E-state index < -0.39 is 0 Å². The molecule has 12 N–H and O–H groups in total. The van der Waals surface area contributed by atoms with Crippen LogP contribution in [0.5, 0.6) is 0 Å². The number of fused-ring (bicyclic) bond motifs is 1. The van der Waals surface area contributed by atoms with E-state index >= 15 is 0 Å². The van der Waals surface area contributed by atoms with E-state index in [0.29, 0.717) is 96.8 Å². The zero-order valence-corrected chi connectivity index (χ0v) is 79.0. The van der Waals surface area contributed by atoms with Gasteiger partial charge in [-0.1, -0.05) is 74.8 Å². The van der Waals surface area contributed by atoms with Crippen LogP contribution in [0, 0.1) is 10.5 Å². The van der Waals surface area contributed by atoms with Crippen LogP contribution in [0.25, 0.3) is 11.1 Å². The van der Waals surface area contributed by atoms with Crippen LogP contribution in [0.2, 0.25) is 0 Å². The predicted octanol–water partition coefficient (Wildman–Crippen LogP) is 17.8. The van der Waals surface area contributed by atoms with Gasteiger partial charge in [0.25, 0.3) is 0 Å². The molecule has 4 aliphatic rings. The molecule has 17 rings (SSSR count). The molecule has 33 nitrogen and oxygen atoms in total. The van der Waals surface area contributed by atoms with Crippen LogP contribution in [0.1, 0.15) is 5.56 Å². The molecule has 688 valence electrons. The number of nitrogens with zero attached hydrogens (tertiary/aromatic N) is 16. The first kappa shape index (κ1) is 95.2. The lowest BCUT2D eigenvalue weighted by atomic mass is 10.2. The Bertz CT molecular complexity index is 5790. The van der Waals surface area contributed by atoms with Gasteiger partial charge < -0.3 is 107 Å². The highest BCUT2D eigenvalue weighted by molar-refractivity contribution is 14.1. The third kappa shape index (κ3) is 26.9. The Kier molecular flexibility index (Phi) is 33.2. The van der Waals surface area contributed by atoms with E-state index in [9.17, 15) is 19.2 Å². The Balaban J connectivity index is 0.000000143. The number of hydrogen-bond acceptors (Lipinski definition) is 29. The van der Waals surface area contributed by atoms with Crippen molar-refractivity contribution in [1.29, 1.82) is 0 Å². The lowest BCUT2D eigenvalue weighted by Crippen LogP contribution is -2.44. The molecule has 0 spiro atoms. The van der Waals surface area contributed by atoms with Gasteiger partial charge in [-0.2, -0.15) is 19.9 Å². The van der Waals surface area contributed by atoms with Crippen molar-refractivity contribution in [2.24, 2.45) is 0 Å². The average molecular weight is 1980 g/mol. The highest BCUT2D eigenvalue weighted by Crippen LogP contribution is 2.36. The summed E-state index contributed by atoms with van der Waals surface area (Å²) in [5.41, 5.74) is 15.9. The van der Waals surface area contributed by atoms with Crippen LogP contribution < -0.4 is 83.4 Å². The second kappa shape index (κ2) is 46.8. The normalized spacial score (nSPS) is 14.0. The van der Waals surface area contributed by atoms with Gasteiger partial charge in [-0.3, -0.25) is 19.2 Å². The molecule has 9 heterocycles. The standard InChI is InChI=1S/C26H27N7O2.C25H29N7O.C24H26BrN7O.C24H26IN7O/c1-3-23(34)28-20-6-4-5-7-21(20)29-25-24-22(12-17-35-24)30-26(31-25)27-18-8-10-19(11-9-18)33-15-13-32(2)14-16-33;1-4-23(33)28-21-7-5-6-8-22(21)29-24-18(2)17-26-25(30-24)27-19-9-11-20(12-10-19)32-15-13-31(3)14-16-32;2*1-3-22(33)28-20-6-4-5-7-21(20)29-23-19(25)16-26-24(30-23)27-17-8-10-18(11-9-17)32-14-12-31(2)13-15-32/h3-12,17H,1,13-16H2,2H3,(H,28,34)(H2,27,29,30,31);4-12,17H,1,13-16H2,2-3H3,(H,28,33)(H2,26,27,29,30);2*3-11,16H,1,12-15H2,2H3,(H,28,33)(H2,26,27,29,30). The van der Waals surface area contributed by atoms with E-state index in [-0.39, 0.29) is 23.6 Å². The summed E-state index contributed by atoms with van der Waals surface area (Å²) >= 11 is 5.67. The van der Waals surface area contributed by atoms with Crippen LogP contribution >= 0.6 is 38.5 Å². The lowest BCUT2D eigenvalue weighted by Gasteiger charge is -2.34. The number of aryl methyl sites for hydroxylation is 1. The molecule has 4 amide bonds. The molecule has 0 bridgehead atoms. The molecule has 4 saturated heterocycles. The number of carbonyl (C=O) groups excluding carboxylic acids is 4. The van der Waals surface area contributed by atoms with E-state index in [1.807, 2.05) is 140 Å². The minimum absolute atomic E-state index is 0.272. The van der Waals surface area contributed by atoms with E-state index in [1.54, 1.807) is 43.1 Å². The van der Waals surface area contributed by atoms with Crippen LogP contribution in [0.3, 0.4) is 0 Å². The molecule has 0 atom stereocenters. The van der Waals surface area contributed by atoms with Gasteiger partial charge in [-0.15, -0.1) is 0 Å². The maximum absolute atomic E-state index is 11.8. The number of piperazine rings is 4. The Morgan fingerprint density at radius 3 is 0.948 bits per heavy atom. The van der Waals surface area contributed by atoms with Gasteiger partial charge >= 0.3 is 0 Å². The molecule has 0 aliphatic carbocycles. The Hall–Kier alpha value is -14.9. The molecule has 4 fully saturated rings. The summed E-state index contributed by atoms with van der Waals surface area (Å²) in [5.74, 6) is 3.09. The SMILES string of the molecule is C=CC(=O)Nc1ccccc1Nc1nc(Nc2ccc(N3CCN(C)CC3)cc2)nc2ccoc12.C=CC(=O)Nc1ccccc1Nc1nc(Nc2ccc(N3CCN(C)CC3)cc2)ncc1Br.C=CC(=O)Nc1ccccc1Nc1nc(Nc2ccc(N3CCN(C)CC3)cc2)ncc1C.C=CC(=O)Nc1ccccc1Nc1nc(Nc2ccc(N3CCN(C)CC3)cc2)ncc1I. The van der Waals surface area contributed by atoms with Gasteiger partial charge in [-0.05, 0) is 244 Å². The summed E-state index contributed by atoms with van der Waals surface area (Å²) in [4.78, 5) is 102. The van der Waals surface area contributed by atoms with Gasteiger partial charge in [0, 0.05) is 180 Å². The summed E-state index contributed by atoms with van der Waals surface area (Å²) in [5, 5.41) is 37.4. The summed E-state index contributed by atoms with van der Waals surface area (Å²) in [7, 11) is 8.62. The zero-order valence-electron chi connectivity index (χ0n) is 75.3. The molecule has 5 aromatic heterocycles. The smallest absolute Gasteiger partial charge is 0.247 e. The second-order valence-electron chi connectivity index (χ2n) is 31.8. The maximum Gasteiger partial charge on any atom is 0.247 e. The molecule has 13 aromatic rings. The molecule has 35 heteroatoms. The largest absolute Gasteiger partial charge is 0.459 e. The average Bonchev–Trinajstić information content (AvgIpc) is 1.61. The fraction of sp³-hybridized carbons (Fsp3) is 0.212. The summed E-state index contributed by atoms with van der Waals surface area (Å²) in [6.07, 6.45) is 11.7. The summed E-state index contributed by atoms with van der Waals surface area (Å²) in [6.45, 7) is 32.8. The number of aromatic nitrogens is 8. The van der Waals surface area contributed by atoms with Gasteiger partial charge in [0.2, 0.25) is 47.4 Å². The van der Waals surface area contributed by atoms with Crippen LogP contribution in [0.4, 0.5) is 138 Å². The van der Waals surface area contributed by atoms with E-state index in [4.69, 9.17) is 4.42 Å². The van der Waals surface area contributed by atoms with Crippen molar-refractivity contribution >= 4 is 211 Å². The number of amides is 4. The lowest BCUT2D eigenvalue weighted by molar-refractivity contribution is -0.112. The fourth-order valence-corrected chi connectivity index (χ4v) is 15.2. The summed E-state index contributed by atoms with van der Waals surface area (Å²) < 4.78 is 7.18. The first-order valence-corrected chi connectivity index (χ1v) is 45.6. The number of para-hydroxylation sites is 8. The number of hydrogen-bond donors (Lipinski definition) is 12. The fourth-order valence-electron chi connectivity index (χ4n) is 14.5. The number of rotatable bonds is 28. The van der Waals surface area contributed by atoms with Crippen LogP contribution in [-0.4, -0.2) is 216 Å². The topological polar surface area (TPSA) is 355 Å². The van der Waals surface area contributed by atoms with Crippen molar-refractivity contribution in [3.63, 3.8) is 0 Å². The third-order valence-electron chi connectivity index (χ3n) is 22.2. The quantitative estimate of drug-likeness (QED) is 0.0160. The number of benzene rings is 8. The van der Waals surface area contributed by atoms with Gasteiger partial charge in [0.05, 0.1) is 59.8 Å². The second-order valence-corrected chi connectivity index (χ2v) is 33.9. The first-order valence-electron chi connectivity index (χ1n) is 43.7. The number of likely N-dealkylation sites (N-methyl/N-ethyl adjacent to an activating group) is 4. The van der Waals surface area contributed by atoms with E-state index in [0.717, 1.165) is 148 Å². The predicted molar refractivity (Wildman–Crippen MR) is 555 cm³/mol. The number of halogens is 2. The van der Waals surface area contributed by atoms with Crippen LogP contribution in [0.15, 0.2) is 285 Å². The Morgan fingerprint density at radius 2 is 0.604 bits per heavy atom. The molecular weight excluding hydrogens is 1870 g/mol. The third-order valence-corrected chi connectivity index (χ3v) is 23.6. The van der Waals surface area contributed by atoms with Gasteiger partial charge in [-0.25, -0.2) is 19.9 Å². The number of anilines is 24. The minimum Gasteiger partial charge on any atom is -0.459 e. The van der Waals surface area contributed by atoms with Crippen molar-refractivity contribution in [2.45, 2.75) is 6.92 Å². The van der Waals surface area contributed by atoms with Crippen molar-refractivity contribution in [3.05, 3.63) is 289 Å². The monoisotopic (exact) mass is 1970 g/mol. The Morgan fingerprint density at radius 1 is 0.328 bits per heavy atom. The zero-order chi connectivity index (χ0) is 93.8. The molecule has 4 aliphatic heterocycles. The van der Waals surface area contributed by atoms with Crippen molar-refractivity contribution < 1.29 is 23.6 Å². The highest BCUT2D eigenvalue weighted by Gasteiger charge is 2.23. The van der Waals surface area contributed by atoms with Gasteiger partial charge in [0.15, 0.2) is 11.4 Å². The highest BCUT2D eigenvalue weighted by atomic mass is 127. The first-order chi connectivity index (χ1) is 65.1. The number of carbonyl (C=O) groups is 4. The molecule has 0 radical (unpaired) electrons. The molecule has 0 saturated carbocycles. The maximum atomic E-state index is 11.8. The molecular formula is C99H108BrIN28O5. The van der Waals surface area contributed by atoms with E-state index in [2.05, 4.69) is 284 Å². The van der Waals surface area contributed by atoms with Crippen LogP contribution in [-0.2, 0) is 19.2 Å². The molecule has 134 heavy (non-hydrogen) atoms.